The molecule has 1 atom stereocenters. The monoisotopic (exact) mass is 399 g/mol. The molecular formula is C26H29N3O. The molecule has 4 heteroatoms. The third kappa shape index (κ3) is 5.57. The first-order valence-corrected chi connectivity index (χ1v) is 10.3. The maximum absolute atomic E-state index is 12.4. The lowest BCUT2D eigenvalue weighted by Crippen LogP contribution is -2.34. The number of rotatable bonds is 7. The number of benzene rings is 3. The van der Waals surface area contributed by atoms with Crippen LogP contribution >= 0.6 is 0 Å². The van der Waals surface area contributed by atoms with E-state index in [1.54, 1.807) is 6.21 Å². The Bertz CT molecular complexity index is 1060. The number of carbonyl (C=O) groups excluding carboxylic acids is 1. The van der Waals surface area contributed by atoms with E-state index in [1.807, 2.05) is 50.3 Å². The molecular weight excluding hydrogens is 370 g/mol. The van der Waals surface area contributed by atoms with Crippen LogP contribution in [0.2, 0.25) is 0 Å². The van der Waals surface area contributed by atoms with Gasteiger partial charge in [0.1, 0.15) is 6.04 Å². The lowest BCUT2D eigenvalue weighted by Gasteiger charge is -2.15. The Kier molecular flexibility index (Phi) is 7.02. The Hall–Kier alpha value is -3.40. The lowest BCUT2D eigenvalue weighted by atomic mass is 10.0. The highest BCUT2D eigenvalue weighted by Gasteiger charge is 2.12. The number of hydrazone groups is 1. The maximum atomic E-state index is 12.4. The first-order valence-electron chi connectivity index (χ1n) is 10.3. The Morgan fingerprint density at radius 1 is 0.933 bits per heavy atom. The first-order chi connectivity index (χ1) is 14.4. The molecule has 0 saturated carbocycles. The molecule has 0 radical (unpaired) electrons. The third-order valence-corrected chi connectivity index (χ3v) is 5.00. The fourth-order valence-corrected chi connectivity index (χ4v) is 3.22. The van der Waals surface area contributed by atoms with Crippen molar-refractivity contribution in [2.45, 2.75) is 39.7 Å². The zero-order chi connectivity index (χ0) is 21.5. The van der Waals surface area contributed by atoms with Crippen molar-refractivity contribution in [3.63, 3.8) is 0 Å². The number of hydrogen-bond acceptors (Lipinski definition) is 3. The first kappa shape index (κ1) is 21.3. The molecule has 3 aromatic rings. The van der Waals surface area contributed by atoms with E-state index >= 15 is 0 Å². The molecule has 0 aliphatic rings. The minimum absolute atomic E-state index is 0.187. The van der Waals surface area contributed by atoms with Gasteiger partial charge in [0.25, 0.3) is 5.91 Å². The van der Waals surface area contributed by atoms with Gasteiger partial charge in [0.05, 0.1) is 6.21 Å². The van der Waals surface area contributed by atoms with Gasteiger partial charge in [0.15, 0.2) is 0 Å². The van der Waals surface area contributed by atoms with Gasteiger partial charge in [0.2, 0.25) is 0 Å². The Balaban J connectivity index is 1.58. The molecule has 0 bridgehead atoms. The number of allylic oxidation sites excluding steroid dienone is 1. The maximum Gasteiger partial charge on any atom is 0.262 e. The summed E-state index contributed by atoms with van der Waals surface area (Å²) < 4.78 is 0. The highest BCUT2D eigenvalue weighted by Crippen LogP contribution is 2.23. The van der Waals surface area contributed by atoms with E-state index in [2.05, 4.69) is 66.1 Å². The predicted molar refractivity (Wildman–Crippen MR) is 128 cm³/mol. The number of nitrogens with zero attached hydrogens (tertiary/aromatic N) is 1. The summed E-state index contributed by atoms with van der Waals surface area (Å²) >= 11 is 0. The van der Waals surface area contributed by atoms with Crippen molar-refractivity contribution < 1.29 is 4.79 Å². The molecule has 30 heavy (non-hydrogen) atoms. The van der Waals surface area contributed by atoms with E-state index in [0.29, 0.717) is 5.92 Å². The Morgan fingerprint density at radius 2 is 1.63 bits per heavy atom. The van der Waals surface area contributed by atoms with Crippen LogP contribution in [-0.2, 0) is 4.79 Å². The van der Waals surface area contributed by atoms with Crippen molar-refractivity contribution in [2.24, 2.45) is 5.10 Å². The Morgan fingerprint density at radius 3 is 2.37 bits per heavy atom. The second kappa shape index (κ2) is 9.88. The van der Waals surface area contributed by atoms with Crippen molar-refractivity contribution in [1.82, 2.24) is 5.43 Å². The smallest absolute Gasteiger partial charge is 0.262 e. The number of anilines is 1. The van der Waals surface area contributed by atoms with Gasteiger partial charge < -0.3 is 5.32 Å². The summed E-state index contributed by atoms with van der Waals surface area (Å²) in [7, 11) is 0. The van der Waals surface area contributed by atoms with E-state index in [-0.39, 0.29) is 5.91 Å². The zero-order valence-corrected chi connectivity index (χ0v) is 18.0. The highest BCUT2D eigenvalue weighted by molar-refractivity contribution is 5.96. The van der Waals surface area contributed by atoms with Gasteiger partial charge in [-0.2, -0.15) is 5.10 Å². The van der Waals surface area contributed by atoms with E-state index in [9.17, 15) is 4.79 Å². The van der Waals surface area contributed by atoms with E-state index in [4.69, 9.17) is 0 Å². The van der Waals surface area contributed by atoms with Crippen LogP contribution in [0, 0.1) is 0 Å². The summed E-state index contributed by atoms with van der Waals surface area (Å²) in [5.74, 6) is 0.332. The predicted octanol–water partition coefficient (Wildman–Crippen LogP) is 5.97. The lowest BCUT2D eigenvalue weighted by molar-refractivity contribution is -0.121. The third-order valence-electron chi connectivity index (χ3n) is 5.00. The summed E-state index contributed by atoms with van der Waals surface area (Å²) in [6.45, 7) is 8.15. The van der Waals surface area contributed by atoms with Gasteiger partial charge in [0, 0.05) is 11.1 Å². The van der Waals surface area contributed by atoms with Gasteiger partial charge in [-0.1, -0.05) is 80.6 Å². The molecule has 0 aromatic heterocycles. The number of fused-ring (bicyclic) bond motifs is 1. The zero-order valence-electron chi connectivity index (χ0n) is 18.0. The van der Waals surface area contributed by atoms with Crippen LogP contribution < -0.4 is 10.7 Å². The van der Waals surface area contributed by atoms with Crippen molar-refractivity contribution in [3.05, 3.63) is 83.4 Å². The largest absolute Gasteiger partial charge is 0.373 e. The number of carbonyl (C=O) groups is 1. The minimum Gasteiger partial charge on any atom is -0.373 e. The van der Waals surface area contributed by atoms with Crippen LogP contribution in [-0.4, -0.2) is 18.2 Å². The van der Waals surface area contributed by atoms with Crippen molar-refractivity contribution in [3.8, 4) is 0 Å². The van der Waals surface area contributed by atoms with Crippen LogP contribution in [0.5, 0.6) is 0 Å². The summed E-state index contributed by atoms with van der Waals surface area (Å²) in [4.78, 5) is 12.4. The summed E-state index contributed by atoms with van der Waals surface area (Å²) in [5.41, 5.74) is 6.94. The van der Waals surface area contributed by atoms with Crippen molar-refractivity contribution in [1.29, 1.82) is 0 Å². The van der Waals surface area contributed by atoms with Crippen LogP contribution in [0.3, 0.4) is 0 Å². The fraction of sp³-hybridized carbons (Fsp3) is 0.231. The Labute approximate surface area is 178 Å². The summed E-state index contributed by atoms with van der Waals surface area (Å²) in [6.07, 6.45) is 3.70. The average Bonchev–Trinajstić information content (AvgIpc) is 2.74. The normalized spacial score (nSPS) is 13.0. The topological polar surface area (TPSA) is 53.5 Å². The molecule has 0 spiro atoms. The summed E-state index contributed by atoms with van der Waals surface area (Å²) in [5, 5.41) is 9.60. The molecule has 1 amide bonds. The SMILES string of the molecule is C/C(C=NNC(=O)[C@H](C)Nc1cccc2ccccc12)=C/c1ccc(C(C)C)cc1. The van der Waals surface area contributed by atoms with Crippen LogP contribution in [0.4, 0.5) is 5.69 Å². The molecule has 0 saturated heterocycles. The molecule has 4 nitrogen and oxygen atoms in total. The van der Waals surface area contributed by atoms with Crippen LogP contribution in [0.15, 0.2) is 77.4 Å². The minimum atomic E-state index is -0.416. The van der Waals surface area contributed by atoms with Gasteiger partial charge >= 0.3 is 0 Å². The summed E-state index contributed by atoms with van der Waals surface area (Å²) in [6, 6.07) is 22.2. The molecule has 3 rings (SSSR count). The highest BCUT2D eigenvalue weighted by atomic mass is 16.2. The van der Waals surface area contributed by atoms with Gasteiger partial charge in [-0.05, 0) is 47.9 Å². The van der Waals surface area contributed by atoms with E-state index in [1.165, 1.54) is 5.56 Å². The molecule has 0 unspecified atom stereocenters. The standard InChI is InChI=1S/C26H29N3O/c1-18(2)22-14-12-21(13-15-22)16-19(3)17-27-29-26(30)20(4)28-25-11-7-9-23-8-5-6-10-24(23)25/h5-18,20,28H,1-4H3,(H,29,30)/b19-16-,27-17?/t20-/m0/s1. The second-order valence-electron chi connectivity index (χ2n) is 7.84. The second-order valence-corrected chi connectivity index (χ2v) is 7.84. The molecule has 0 aliphatic carbocycles. The molecule has 2 N–H and O–H groups in total. The fourth-order valence-electron chi connectivity index (χ4n) is 3.22. The molecule has 3 aromatic carbocycles. The number of amides is 1. The van der Waals surface area contributed by atoms with Gasteiger partial charge in [-0.3, -0.25) is 4.79 Å². The van der Waals surface area contributed by atoms with Crippen LogP contribution in [0.1, 0.15) is 44.7 Å². The quantitative estimate of drug-likeness (QED) is 0.380. The van der Waals surface area contributed by atoms with Gasteiger partial charge in [-0.25, -0.2) is 5.43 Å². The van der Waals surface area contributed by atoms with Gasteiger partial charge in [-0.15, -0.1) is 0 Å². The molecule has 154 valence electrons. The average molecular weight is 400 g/mol. The van der Waals surface area contributed by atoms with Crippen molar-refractivity contribution >= 4 is 34.7 Å². The van der Waals surface area contributed by atoms with E-state index < -0.39 is 6.04 Å². The number of hydrogen-bond donors (Lipinski definition) is 2. The van der Waals surface area contributed by atoms with E-state index in [0.717, 1.165) is 27.6 Å². The van der Waals surface area contributed by atoms with Crippen LogP contribution in [0.25, 0.3) is 16.8 Å². The van der Waals surface area contributed by atoms with Crippen molar-refractivity contribution in [2.75, 3.05) is 5.32 Å². The molecule has 0 fully saturated rings. The number of nitrogens with one attached hydrogen (secondary N) is 2. The molecule has 0 aliphatic heterocycles. The molecule has 0 heterocycles.